The van der Waals surface area contributed by atoms with Crippen molar-refractivity contribution in [2.75, 3.05) is 0 Å². The molecule has 1 aromatic heterocycles. The van der Waals surface area contributed by atoms with E-state index in [0.29, 0.717) is 5.56 Å². The van der Waals surface area contributed by atoms with Gasteiger partial charge in [-0.05, 0) is 24.3 Å². The van der Waals surface area contributed by atoms with E-state index in [1.165, 1.54) is 6.07 Å². The van der Waals surface area contributed by atoms with Crippen molar-refractivity contribution in [1.82, 2.24) is 9.78 Å². The van der Waals surface area contributed by atoms with Crippen molar-refractivity contribution in [3.05, 3.63) is 40.8 Å². The van der Waals surface area contributed by atoms with Crippen LogP contribution in [0.4, 0.5) is 4.39 Å². The summed E-state index contributed by atoms with van der Waals surface area (Å²) in [6.07, 6.45) is 1.65. The minimum Gasteiger partial charge on any atom is -0.268 e. The molecule has 0 fully saturated rings. The lowest BCUT2D eigenvalue weighted by atomic mass is 10.1. The van der Waals surface area contributed by atoms with Crippen LogP contribution in [0, 0.1) is 5.82 Å². The Morgan fingerprint density at radius 1 is 1.36 bits per heavy atom. The molecule has 0 atom stereocenters. The summed E-state index contributed by atoms with van der Waals surface area (Å²) in [5.41, 5.74) is 1.32. The van der Waals surface area contributed by atoms with Crippen LogP contribution in [0.15, 0.2) is 34.9 Å². The highest BCUT2D eigenvalue weighted by Gasteiger charge is 2.08. The van der Waals surface area contributed by atoms with Crippen LogP contribution in [0.5, 0.6) is 0 Å². The predicted octanol–water partition coefficient (Wildman–Crippen LogP) is 2.99. The van der Waals surface area contributed by atoms with Gasteiger partial charge in [-0.15, -0.1) is 0 Å². The summed E-state index contributed by atoms with van der Waals surface area (Å²) in [5, 5.41) is 4.00. The van der Waals surface area contributed by atoms with Crippen molar-refractivity contribution >= 4 is 15.9 Å². The summed E-state index contributed by atoms with van der Waals surface area (Å²) < 4.78 is 16.0. The first kappa shape index (κ1) is 9.40. The summed E-state index contributed by atoms with van der Waals surface area (Å²) in [7, 11) is 1.79. The Kier molecular flexibility index (Phi) is 2.37. The highest BCUT2D eigenvalue weighted by atomic mass is 79.9. The lowest BCUT2D eigenvalue weighted by Crippen LogP contribution is -1.95. The number of nitrogens with zero attached hydrogens (tertiary/aromatic N) is 2. The number of benzene rings is 1. The maximum Gasteiger partial charge on any atom is 0.132 e. The average molecular weight is 255 g/mol. The lowest BCUT2D eigenvalue weighted by Gasteiger charge is -2.03. The Morgan fingerprint density at radius 2 is 2.14 bits per heavy atom. The largest absolute Gasteiger partial charge is 0.268 e. The van der Waals surface area contributed by atoms with E-state index < -0.39 is 0 Å². The number of halogens is 2. The van der Waals surface area contributed by atoms with Crippen LogP contribution in [0.1, 0.15) is 0 Å². The van der Waals surface area contributed by atoms with Crippen molar-refractivity contribution in [2.24, 2.45) is 7.05 Å². The molecule has 1 aromatic carbocycles. The molecular weight excluding hydrogens is 247 g/mol. The SMILES string of the molecule is Cn1nccc1-c1cc(Br)ccc1F. The zero-order chi connectivity index (χ0) is 10.1. The summed E-state index contributed by atoms with van der Waals surface area (Å²) in [4.78, 5) is 0. The van der Waals surface area contributed by atoms with Crippen LogP contribution >= 0.6 is 15.9 Å². The average Bonchev–Trinajstić information content (AvgIpc) is 2.56. The van der Waals surface area contributed by atoms with Gasteiger partial charge in [0.25, 0.3) is 0 Å². The van der Waals surface area contributed by atoms with Gasteiger partial charge in [-0.2, -0.15) is 5.10 Å². The second-order valence-electron chi connectivity index (χ2n) is 2.96. The highest BCUT2D eigenvalue weighted by Crippen LogP contribution is 2.25. The second kappa shape index (κ2) is 3.53. The molecule has 0 aliphatic rings. The third-order valence-electron chi connectivity index (χ3n) is 2.03. The molecule has 0 aliphatic carbocycles. The van der Waals surface area contributed by atoms with E-state index in [9.17, 15) is 4.39 Å². The molecule has 0 unspecified atom stereocenters. The summed E-state index contributed by atoms with van der Waals surface area (Å²) in [6, 6.07) is 6.64. The molecule has 4 heteroatoms. The van der Waals surface area contributed by atoms with Gasteiger partial charge in [-0.25, -0.2) is 4.39 Å². The van der Waals surface area contributed by atoms with Gasteiger partial charge in [0.05, 0.1) is 5.69 Å². The fourth-order valence-electron chi connectivity index (χ4n) is 1.33. The monoisotopic (exact) mass is 254 g/mol. The molecule has 0 bridgehead atoms. The molecule has 0 N–H and O–H groups in total. The molecule has 0 saturated heterocycles. The molecule has 0 aliphatic heterocycles. The zero-order valence-electron chi connectivity index (χ0n) is 7.54. The van der Waals surface area contributed by atoms with E-state index in [4.69, 9.17) is 0 Å². The quantitative estimate of drug-likeness (QED) is 0.765. The van der Waals surface area contributed by atoms with E-state index in [1.54, 1.807) is 36.1 Å². The second-order valence-corrected chi connectivity index (χ2v) is 3.88. The van der Waals surface area contributed by atoms with Crippen LogP contribution in [-0.4, -0.2) is 9.78 Å². The molecule has 0 spiro atoms. The van der Waals surface area contributed by atoms with E-state index in [1.807, 2.05) is 0 Å². The van der Waals surface area contributed by atoms with Crippen molar-refractivity contribution in [3.8, 4) is 11.3 Å². The number of hydrogen-bond acceptors (Lipinski definition) is 1. The molecule has 72 valence electrons. The van der Waals surface area contributed by atoms with E-state index >= 15 is 0 Å². The van der Waals surface area contributed by atoms with E-state index in [0.717, 1.165) is 10.2 Å². The summed E-state index contributed by atoms with van der Waals surface area (Å²) >= 11 is 3.31. The van der Waals surface area contributed by atoms with Crippen LogP contribution in [0.2, 0.25) is 0 Å². The molecule has 2 rings (SSSR count). The lowest BCUT2D eigenvalue weighted by molar-refractivity contribution is 0.627. The van der Waals surface area contributed by atoms with Crippen LogP contribution in [0.25, 0.3) is 11.3 Å². The third kappa shape index (κ3) is 1.57. The van der Waals surface area contributed by atoms with Gasteiger partial charge in [0.15, 0.2) is 0 Å². The fourth-order valence-corrected chi connectivity index (χ4v) is 1.69. The number of aryl methyl sites for hydroxylation is 1. The first-order valence-corrected chi connectivity index (χ1v) is 4.91. The van der Waals surface area contributed by atoms with Crippen molar-refractivity contribution < 1.29 is 4.39 Å². The highest BCUT2D eigenvalue weighted by molar-refractivity contribution is 9.10. The molecule has 2 aromatic rings. The fraction of sp³-hybridized carbons (Fsp3) is 0.100. The van der Waals surface area contributed by atoms with Gasteiger partial charge in [-0.3, -0.25) is 4.68 Å². The number of rotatable bonds is 1. The number of hydrogen-bond donors (Lipinski definition) is 0. The number of aromatic nitrogens is 2. The molecular formula is C10H8BrFN2. The van der Waals surface area contributed by atoms with Crippen molar-refractivity contribution in [2.45, 2.75) is 0 Å². The maximum atomic E-state index is 13.5. The predicted molar refractivity (Wildman–Crippen MR) is 56.3 cm³/mol. The van der Waals surface area contributed by atoms with E-state index in [2.05, 4.69) is 21.0 Å². The van der Waals surface area contributed by atoms with Crippen LogP contribution in [-0.2, 0) is 7.05 Å². The maximum absolute atomic E-state index is 13.5. The third-order valence-corrected chi connectivity index (χ3v) is 2.52. The first-order valence-electron chi connectivity index (χ1n) is 4.12. The molecule has 0 amide bonds. The molecule has 1 heterocycles. The van der Waals surface area contributed by atoms with E-state index in [-0.39, 0.29) is 5.82 Å². The molecule has 0 radical (unpaired) electrons. The van der Waals surface area contributed by atoms with Crippen molar-refractivity contribution in [1.29, 1.82) is 0 Å². The van der Waals surface area contributed by atoms with Gasteiger partial charge >= 0.3 is 0 Å². The minimum atomic E-state index is -0.239. The summed E-state index contributed by atoms with van der Waals surface area (Å²) in [5.74, 6) is -0.239. The Labute approximate surface area is 89.5 Å². The van der Waals surface area contributed by atoms with Gasteiger partial charge in [0, 0.05) is 23.3 Å². The van der Waals surface area contributed by atoms with Gasteiger partial charge in [-0.1, -0.05) is 15.9 Å². The Morgan fingerprint density at radius 3 is 2.79 bits per heavy atom. The zero-order valence-corrected chi connectivity index (χ0v) is 9.12. The van der Waals surface area contributed by atoms with Crippen molar-refractivity contribution in [3.63, 3.8) is 0 Å². The van der Waals surface area contributed by atoms with Crippen LogP contribution in [0.3, 0.4) is 0 Å². The van der Waals surface area contributed by atoms with Gasteiger partial charge in [0.2, 0.25) is 0 Å². The van der Waals surface area contributed by atoms with Gasteiger partial charge in [0.1, 0.15) is 5.82 Å². The first-order chi connectivity index (χ1) is 6.68. The van der Waals surface area contributed by atoms with Gasteiger partial charge < -0.3 is 0 Å². The standard InChI is InChI=1S/C10H8BrFN2/c1-14-10(4-5-13-14)8-6-7(11)2-3-9(8)12/h2-6H,1H3. The summed E-state index contributed by atoms with van der Waals surface area (Å²) in [6.45, 7) is 0. The molecule has 2 nitrogen and oxygen atoms in total. The molecule has 0 saturated carbocycles. The normalized spacial score (nSPS) is 10.5. The molecule has 14 heavy (non-hydrogen) atoms. The van der Waals surface area contributed by atoms with Crippen LogP contribution < -0.4 is 0 Å². The Bertz CT molecular complexity index is 465. The topological polar surface area (TPSA) is 17.8 Å². The Hall–Kier alpha value is -1.16. The smallest absolute Gasteiger partial charge is 0.132 e. The minimum absolute atomic E-state index is 0.239. The Balaban J connectivity index is 2.62.